The molecule has 1 heterocycles. The van der Waals surface area contributed by atoms with Crippen LogP contribution in [0.3, 0.4) is 0 Å². The number of carbonyl (C=O) groups is 2. The zero-order valence-corrected chi connectivity index (χ0v) is 15.3. The van der Waals surface area contributed by atoms with Gasteiger partial charge >= 0.3 is 0 Å². The van der Waals surface area contributed by atoms with Crippen LogP contribution in [-0.4, -0.2) is 18.4 Å². The van der Waals surface area contributed by atoms with Crippen molar-refractivity contribution < 1.29 is 14.0 Å². The third-order valence-corrected chi connectivity index (χ3v) is 4.43. The van der Waals surface area contributed by atoms with E-state index in [-0.39, 0.29) is 24.1 Å². The van der Waals surface area contributed by atoms with Crippen LogP contribution >= 0.6 is 0 Å². The summed E-state index contributed by atoms with van der Waals surface area (Å²) in [6, 6.07) is 11.5. The fourth-order valence-electron chi connectivity index (χ4n) is 3.07. The third kappa shape index (κ3) is 3.93. The third-order valence-electron chi connectivity index (χ3n) is 4.43. The van der Waals surface area contributed by atoms with Crippen molar-refractivity contribution in [3.05, 3.63) is 59.4 Å². The Morgan fingerprint density at radius 1 is 1.12 bits per heavy atom. The van der Waals surface area contributed by atoms with Gasteiger partial charge in [0.15, 0.2) is 0 Å². The predicted molar refractivity (Wildman–Crippen MR) is 101 cm³/mol. The maximum absolute atomic E-state index is 13.0. The summed E-state index contributed by atoms with van der Waals surface area (Å²) in [6.07, 6.45) is 0.989. The molecule has 5 heteroatoms. The van der Waals surface area contributed by atoms with E-state index in [1.54, 1.807) is 17.0 Å². The van der Waals surface area contributed by atoms with Crippen molar-refractivity contribution in [3.8, 4) is 0 Å². The van der Waals surface area contributed by atoms with Crippen molar-refractivity contribution >= 4 is 23.2 Å². The number of nitrogens with one attached hydrogen (secondary N) is 1. The van der Waals surface area contributed by atoms with Gasteiger partial charge in [-0.3, -0.25) is 9.59 Å². The standard InChI is InChI=1S/C21H23FN2O2/c1-21(2,3)20(26)24-11-10-15-6-9-17(13-18(15)24)23-19(25)12-14-4-7-16(22)8-5-14/h4-9,13H,10-12H2,1-3H3,(H,23,25). The van der Waals surface area contributed by atoms with Crippen LogP contribution in [0.5, 0.6) is 0 Å². The van der Waals surface area contributed by atoms with Crippen LogP contribution in [0.4, 0.5) is 15.8 Å². The summed E-state index contributed by atoms with van der Waals surface area (Å²) in [7, 11) is 0. The van der Waals surface area contributed by atoms with Crippen LogP contribution in [-0.2, 0) is 22.4 Å². The van der Waals surface area contributed by atoms with Gasteiger partial charge in [-0.2, -0.15) is 0 Å². The van der Waals surface area contributed by atoms with E-state index in [1.165, 1.54) is 12.1 Å². The number of nitrogens with zero attached hydrogens (tertiary/aromatic N) is 1. The molecule has 0 aromatic heterocycles. The molecule has 26 heavy (non-hydrogen) atoms. The first-order chi connectivity index (χ1) is 12.2. The highest BCUT2D eigenvalue weighted by molar-refractivity contribution is 6.00. The number of anilines is 2. The lowest BCUT2D eigenvalue weighted by Crippen LogP contribution is -2.38. The van der Waals surface area contributed by atoms with Crippen LogP contribution < -0.4 is 10.2 Å². The molecule has 0 radical (unpaired) electrons. The van der Waals surface area contributed by atoms with Gasteiger partial charge in [-0.15, -0.1) is 0 Å². The second-order valence-corrected chi connectivity index (χ2v) is 7.65. The van der Waals surface area contributed by atoms with E-state index in [9.17, 15) is 14.0 Å². The average molecular weight is 354 g/mol. The lowest BCUT2D eigenvalue weighted by Gasteiger charge is -2.26. The lowest BCUT2D eigenvalue weighted by atomic mass is 9.94. The first kappa shape index (κ1) is 18.1. The molecule has 4 nitrogen and oxygen atoms in total. The lowest BCUT2D eigenvalue weighted by molar-refractivity contribution is -0.125. The highest BCUT2D eigenvalue weighted by Crippen LogP contribution is 2.34. The quantitative estimate of drug-likeness (QED) is 0.907. The number of hydrogen-bond donors (Lipinski definition) is 1. The highest BCUT2D eigenvalue weighted by Gasteiger charge is 2.32. The Kier molecular flexibility index (Phi) is 4.81. The van der Waals surface area contributed by atoms with Crippen molar-refractivity contribution in [2.45, 2.75) is 33.6 Å². The SMILES string of the molecule is CC(C)(C)C(=O)N1CCc2ccc(NC(=O)Cc3ccc(F)cc3)cc21. The summed E-state index contributed by atoms with van der Waals surface area (Å²) in [5.74, 6) is -0.425. The van der Waals surface area contributed by atoms with Crippen LogP contribution in [0.1, 0.15) is 31.9 Å². The normalized spacial score (nSPS) is 13.5. The summed E-state index contributed by atoms with van der Waals surface area (Å²) in [5.41, 5.74) is 2.92. The Hall–Kier alpha value is -2.69. The van der Waals surface area contributed by atoms with Gasteiger partial charge in [0.25, 0.3) is 0 Å². The molecule has 3 rings (SSSR count). The topological polar surface area (TPSA) is 49.4 Å². The van der Waals surface area contributed by atoms with E-state index in [2.05, 4.69) is 5.32 Å². The van der Waals surface area contributed by atoms with E-state index < -0.39 is 5.41 Å². The number of hydrogen-bond acceptors (Lipinski definition) is 2. The van der Waals surface area contributed by atoms with Gasteiger partial charge in [-0.1, -0.05) is 39.0 Å². The molecule has 2 amide bonds. The largest absolute Gasteiger partial charge is 0.326 e. The van der Waals surface area contributed by atoms with Crippen molar-refractivity contribution in [2.75, 3.05) is 16.8 Å². The zero-order valence-electron chi connectivity index (χ0n) is 15.3. The molecule has 0 fully saturated rings. The van der Waals surface area contributed by atoms with Crippen molar-refractivity contribution in [1.29, 1.82) is 0 Å². The summed E-state index contributed by atoms with van der Waals surface area (Å²) >= 11 is 0. The van der Waals surface area contributed by atoms with Crippen LogP contribution in [0.25, 0.3) is 0 Å². The van der Waals surface area contributed by atoms with Crippen molar-refractivity contribution in [2.24, 2.45) is 5.41 Å². The summed E-state index contributed by atoms with van der Waals surface area (Å²) in [6.45, 7) is 6.38. The molecular weight excluding hydrogens is 331 g/mol. The Morgan fingerprint density at radius 2 is 1.81 bits per heavy atom. The van der Waals surface area contributed by atoms with Gasteiger partial charge < -0.3 is 10.2 Å². The van der Waals surface area contributed by atoms with E-state index >= 15 is 0 Å². The maximum atomic E-state index is 13.0. The van der Waals surface area contributed by atoms with Crippen LogP contribution in [0.15, 0.2) is 42.5 Å². The average Bonchev–Trinajstić information content (AvgIpc) is 2.98. The van der Waals surface area contributed by atoms with Crippen LogP contribution in [0.2, 0.25) is 0 Å². The smallest absolute Gasteiger partial charge is 0.232 e. The van der Waals surface area contributed by atoms with Gasteiger partial charge in [-0.25, -0.2) is 4.39 Å². The van der Waals surface area contributed by atoms with Gasteiger partial charge in [0.05, 0.1) is 6.42 Å². The Labute approximate surface area is 153 Å². The minimum atomic E-state index is -0.455. The van der Waals surface area contributed by atoms with Gasteiger partial charge in [0.1, 0.15) is 5.82 Å². The van der Waals surface area contributed by atoms with E-state index in [0.717, 1.165) is 23.2 Å². The Morgan fingerprint density at radius 3 is 2.46 bits per heavy atom. The van der Waals surface area contributed by atoms with E-state index in [0.29, 0.717) is 12.2 Å². The zero-order chi connectivity index (χ0) is 18.9. The fraction of sp³-hybridized carbons (Fsp3) is 0.333. The predicted octanol–water partition coefficient (Wildman–Crippen LogP) is 3.94. The molecule has 136 valence electrons. The molecule has 0 spiro atoms. The van der Waals surface area contributed by atoms with Gasteiger partial charge in [0.2, 0.25) is 11.8 Å². The highest BCUT2D eigenvalue weighted by atomic mass is 19.1. The number of fused-ring (bicyclic) bond motifs is 1. The maximum Gasteiger partial charge on any atom is 0.232 e. The Bertz CT molecular complexity index is 838. The number of benzene rings is 2. The molecule has 0 saturated carbocycles. The number of carbonyl (C=O) groups excluding carboxylic acids is 2. The second-order valence-electron chi connectivity index (χ2n) is 7.65. The summed E-state index contributed by atoms with van der Waals surface area (Å²) in [4.78, 5) is 26.7. The fourth-order valence-corrected chi connectivity index (χ4v) is 3.07. The molecule has 1 N–H and O–H groups in total. The van der Waals surface area contributed by atoms with Crippen molar-refractivity contribution in [1.82, 2.24) is 0 Å². The molecular formula is C21H23FN2O2. The number of amides is 2. The molecule has 1 aliphatic heterocycles. The number of halogens is 1. The monoisotopic (exact) mass is 354 g/mol. The first-order valence-corrected chi connectivity index (χ1v) is 8.73. The molecule has 0 bridgehead atoms. The molecule has 1 aliphatic rings. The molecule has 2 aromatic carbocycles. The van der Waals surface area contributed by atoms with E-state index in [4.69, 9.17) is 0 Å². The molecule has 0 unspecified atom stereocenters. The molecule has 0 atom stereocenters. The molecule has 2 aromatic rings. The van der Waals surface area contributed by atoms with E-state index in [1.807, 2.05) is 39.0 Å². The molecule has 0 saturated heterocycles. The number of rotatable bonds is 3. The van der Waals surface area contributed by atoms with Gasteiger partial charge in [0, 0.05) is 23.3 Å². The van der Waals surface area contributed by atoms with Crippen LogP contribution in [0, 0.1) is 11.2 Å². The summed E-state index contributed by atoms with van der Waals surface area (Å²) in [5, 5.41) is 2.86. The second kappa shape index (κ2) is 6.90. The Balaban J connectivity index is 1.73. The van der Waals surface area contributed by atoms with Gasteiger partial charge in [-0.05, 0) is 41.8 Å². The van der Waals surface area contributed by atoms with Crippen molar-refractivity contribution in [3.63, 3.8) is 0 Å². The molecule has 0 aliphatic carbocycles. The minimum absolute atomic E-state index is 0.0750. The first-order valence-electron chi connectivity index (χ1n) is 8.73. The minimum Gasteiger partial charge on any atom is -0.326 e. The summed E-state index contributed by atoms with van der Waals surface area (Å²) < 4.78 is 13.0.